The lowest BCUT2D eigenvalue weighted by Crippen LogP contribution is -2.47. The van der Waals surface area contributed by atoms with E-state index >= 15 is 0 Å². The molecule has 0 unspecified atom stereocenters. The van der Waals surface area contributed by atoms with Gasteiger partial charge in [0.2, 0.25) is 0 Å². The average molecular weight is 347 g/mol. The molecule has 0 spiro atoms. The maximum atomic E-state index is 11.9. The number of unbranched alkanes of at least 4 members (excludes halogenated alkanes) is 1. The van der Waals surface area contributed by atoms with E-state index in [1.165, 1.54) is 11.1 Å². The number of nitriles is 1. The van der Waals surface area contributed by atoms with E-state index in [2.05, 4.69) is 41.0 Å². The quantitative estimate of drug-likeness (QED) is 0.740. The molecule has 2 aromatic carbocycles. The highest BCUT2D eigenvalue weighted by Crippen LogP contribution is 2.36. The van der Waals surface area contributed by atoms with E-state index in [9.17, 15) is 4.79 Å². The van der Waals surface area contributed by atoms with Crippen LogP contribution in [0.4, 0.5) is 4.79 Å². The van der Waals surface area contributed by atoms with Crippen molar-refractivity contribution in [3.05, 3.63) is 71.3 Å². The number of urea groups is 1. The molecule has 0 bridgehead atoms. The van der Waals surface area contributed by atoms with Crippen molar-refractivity contribution >= 4 is 6.03 Å². The van der Waals surface area contributed by atoms with E-state index in [1.807, 2.05) is 30.3 Å². The van der Waals surface area contributed by atoms with Crippen molar-refractivity contribution in [2.75, 3.05) is 6.54 Å². The topological polar surface area (TPSA) is 64.9 Å². The second kappa shape index (κ2) is 9.05. The van der Waals surface area contributed by atoms with Crippen molar-refractivity contribution < 1.29 is 4.79 Å². The number of hydrogen-bond donors (Lipinski definition) is 2. The van der Waals surface area contributed by atoms with Crippen LogP contribution in [-0.2, 0) is 6.42 Å². The summed E-state index contributed by atoms with van der Waals surface area (Å²) in [4.78, 5) is 11.9. The highest BCUT2D eigenvalue weighted by atomic mass is 16.2. The zero-order valence-corrected chi connectivity index (χ0v) is 14.9. The summed E-state index contributed by atoms with van der Waals surface area (Å²) in [7, 11) is 0. The molecule has 2 amide bonds. The summed E-state index contributed by atoms with van der Waals surface area (Å²) in [6, 6.07) is 20.5. The predicted molar refractivity (Wildman–Crippen MR) is 103 cm³/mol. The van der Waals surface area contributed by atoms with Crippen LogP contribution in [0.1, 0.15) is 48.3 Å². The van der Waals surface area contributed by atoms with Crippen molar-refractivity contribution in [1.82, 2.24) is 10.6 Å². The highest BCUT2D eigenvalue weighted by molar-refractivity contribution is 5.74. The van der Waals surface area contributed by atoms with Gasteiger partial charge in [0.05, 0.1) is 11.6 Å². The van der Waals surface area contributed by atoms with Crippen LogP contribution in [0.2, 0.25) is 0 Å². The summed E-state index contributed by atoms with van der Waals surface area (Å²) in [5.41, 5.74) is 3.29. The van der Waals surface area contributed by atoms with E-state index in [0.29, 0.717) is 18.0 Å². The maximum Gasteiger partial charge on any atom is 0.315 e. The second-order valence-electron chi connectivity index (χ2n) is 6.94. The third-order valence-electron chi connectivity index (χ3n) is 5.01. The molecule has 2 aromatic rings. The Labute approximate surface area is 155 Å². The van der Waals surface area contributed by atoms with Gasteiger partial charge in [0.1, 0.15) is 0 Å². The summed E-state index contributed by atoms with van der Waals surface area (Å²) in [5, 5.41) is 14.8. The fourth-order valence-corrected chi connectivity index (χ4v) is 3.37. The molecule has 0 heterocycles. The van der Waals surface area contributed by atoms with Gasteiger partial charge in [0.15, 0.2) is 0 Å². The van der Waals surface area contributed by atoms with Gasteiger partial charge in [-0.1, -0.05) is 42.5 Å². The molecule has 0 aliphatic heterocycles. The number of amides is 2. The maximum absolute atomic E-state index is 11.9. The number of aryl methyl sites for hydroxylation is 1. The first-order chi connectivity index (χ1) is 12.7. The average Bonchev–Trinajstić information content (AvgIpc) is 2.65. The Morgan fingerprint density at radius 1 is 1.04 bits per heavy atom. The van der Waals surface area contributed by atoms with Gasteiger partial charge in [-0.3, -0.25) is 0 Å². The van der Waals surface area contributed by atoms with Gasteiger partial charge < -0.3 is 10.6 Å². The minimum Gasteiger partial charge on any atom is -0.338 e. The van der Waals surface area contributed by atoms with Gasteiger partial charge in [-0.2, -0.15) is 5.26 Å². The molecular formula is C22H25N3O. The second-order valence-corrected chi connectivity index (χ2v) is 6.94. The first kappa shape index (κ1) is 18.0. The Hall–Kier alpha value is -2.80. The van der Waals surface area contributed by atoms with Gasteiger partial charge in [0.25, 0.3) is 0 Å². The largest absolute Gasteiger partial charge is 0.338 e. The number of nitrogens with zero attached hydrogens (tertiary/aromatic N) is 1. The van der Waals surface area contributed by atoms with Crippen LogP contribution in [0.5, 0.6) is 0 Å². The molecule has 0 radical (unpaired) electrons. The van der Waals surface area contributed by atoms with Crippen molar-refractivity contribution in [3.8, 4) is 6.07 Å². The molecule has 0 aromatic heterocycles. The molecule has 26 heavy (non-hydrogen) atoms. The Kier molecular flexibility index (Phi) is 6.27. The number of hydrogen-bond acceptors (Lipinski definition) is 2. The van der Waals surface area contributed by atoms with E-state index in [0.717, 1.165) is 32.1 Å². The number of benzene rings is 2. The van der Waals surface area contributed by atoms with E-state index in [4.69, 9.17) is 5.26 Å². The fraction of sp³-hybridized carbons (Fsp3) is 0.364. The van der Waals surface area contributed by atoms with Crippen molar-refractivity contribution in [1.29, 1.82) is 5.26 Å². The minimum atomic E-state index is -0.0620. The molecular weight excluding hydrogens is 322 g/mol. The monoisotopic (exact) mass is 347 g/mol. The van der Waals surface area contributed by atoms with E-state index in [-0.39, 0.29) is 12.1 Å². The number of carbonyl (C=O) groups excluding carboxylic acids is 1. The van der Waals surface area contributed by atoms with Gasteiger partial charge in [0, 0.05) is 12.6 Å². The molecule has 0 atom stereocenters. The normalized spacial score (nSPS) is 18.4. The Morgan fingerprint density at radius 2 is 1.77 bits per heavy atom. The summed E-state index contributed by atoms with van der Waals surface area (Å²) in [6.45, 7) is 0.713. The van der Waals surface area contributed by atoms with Crippen LogP contribution in [0.15, 0.2) is 54.6 Å². The summed E-state index contributed by atoms with van der Waals surface area (Å²) in [5.74, 6) is 0.485. The van der Waals surface area contributed by atoms with Gasteiger partial charge in [-0.15, -0.1) is 0 Å². The Balaban J connectivity index is 1.27. The third kappa shape index (κ3) is 5.10. The number of nitrogens with one attached hydrogen (secondary N) is 2. The Morgan fingerprint density at radius 3 is 2.46 bits per heavy atom. The van der Waals surface area contributed by atoms with Crippen LogP contribution in [0.25, 0.3) is 0 Å². The van der Waals surface area contributed by atoms with Crippen molar-refractivity contribution in [3.63, 3.8) is 0 Å². The van der Waals surface area contributed by atoms with E-state index in [1.54, 1.807) is 0 Å². The van der Waals surface area contributed by atoms with Crippen LogP contribution in [-0.4, -0.2) is 18.6 Å². The van der Waals surface area contributed by atoms with Crippen molar-refractivity contribution in [2.24, 2.45) is 0 Å². The lowest BCUT2D eigenvalue weighted by molar-refractivity contribution is 0.222. The molecule has 0 saturated heterocycles. The lowest BCUT2D eigenvalue weighted by Gasteiger charge is -2.36. The van der Waals surface area contributed by atoms with E-state index < -0.39 is 0 Å². The first-order valence-electron chi connectivity index (χ1n) is 9.33. The van der Waals surface area contributed by atoms with Gasteiger partial charge >= 0.3 is 6.03 Å². The molecule has 2 N–H and O–H groups in total. The summed E-state index contributed by atoms with van der Waals surface area (Å²) < 4.78 is 0. The van der Waals surface area contributed by atoms with Gasteiger partial charge in [-0.25, -0.2) is 4.79 Å². The first-order valence-corrected chi connectivity index (χ1v) is 9.33. The predicted octanol–water partition coefficient (Wildman–Crippen LogP) is 4.13. The molecule has 4 nitrogen and oxygen atoms in total. The number of rotatable bonds is 7. The standard InChI is InChI=1S/C22H25N3O/c23-16-18-9-11-19(12-10-18)20-14-21(15-20)25-22(26)24-13-5-4-8-17-6-2-1-3-7-17/h1-3,6-7,9-12,20-21H,4-5,8,13-15H2,(H2,24,25,26). The molecule has 1 aliphatic carbocycles. The molecule has 134 valence electrons. The minimum absolute atomic E-state index is 0.0620. The lowest BCUT2D eigenvalue weighted by atomic mass is 9.76. The van der Waals surface area contributed by atoms with Crippen LogP contribution < -0.4 is 10.6 Å². The molecule has 1 aliphatic rings. The van der Waals surface area contributed by atoms with Crippen molar-refractivity contribution in [2.45, 2.75) is 44.1 Å². The smallest absolute Gasteiger partial charge is 0.315 e. The van der Waals surface area contributed by atoms with Crippen LogP contribution in [0, 0.1) is 11.3 Å². The van der Waals surface area contributed by atoms with Crippen LogP contribution >= 0.6 is 0 Å². The molecule has 1 fully saturated rings. The summed E-state index contributed by atoms with van der Waals surface area (Å²) >= 11 is 0. The zero-order chi connectivity index (χ0) is 18.2. The van der Waals surface area contributed by atoms with Crippen LogP contribution in [0.3, 0.4) is 0 Å². The molecule has 3 rings (SSSR count). The summed E-state index contributed by atoms with van der Waals surface area (Å²) in [6.07, 6.45) is 5.05. The molecule has 4 heteroatoms. The Bertz CT molecular complexity index is 743. The SMILES string of the molecule is N#Cc1ccc(C2CC(NC(=O)NCCCCc3ccccc3)C2)cc1. The third-order valence-corrected chi connectivity index (χ3v) is 5.01. The molecule has 1 saturated carbocycles. The fourth-order valence-electron chi connectivity index (χ4n) is 3.37. The number of carbonyl (C=O) groups is 1. The zero-order valence-electron chi connectivity index (χ0n) is 14.9. The highest BCUT2D eigenvalue weighted by Gasteiger charge is 2.31. The van der Waals surface area contributed by atoms with Gasteiger partial charge in [-0.05, 0) is 61.3 Å².